The van der Waals surface area contributed by atoms with Crippen molar-refractivity contribution in [1.29, 1.82) is 0 Å². The predicted molar refractivity (Wildman–Crippen MR) is 72.4 cm³/mol. The van der Waals surface area contributed by atoms with Crippen LogP contribution in [0.2, 0.25) is 0 Å². The monoisotopic (exact) mass is 250 g/mol. The van der Waals surface area contributed by atoms with Crippen LogP contribution >= 0.6 is 0 Å². The SMILES string of the molecule is COCC1CCN(Cc2cc(N)ccc2O)CC1. The molecule has 0 saturated carbocycles. The first-order chi connectivity index (χ1) is 8.69. The van der Waals surface area contributed by atoms with E-state index < -0.39 is 0 Å². The molecule has 1 saturated heterocycles. The molecule has 0 amide bonds. The zero-order valence-electron chi connectivity index (χ0n) is 10.9. The smallest absolute Gasteiger partial charge is 0.120 e. The molecular formula is C14H22N2O2. The Kier molecular flexibility index (Phi) is 4.44. The number of anilines is 1. The van der Waals surface area contributed by atoms with Crippen molar-refractivity contribution < 1.29 is 9.84 Å². The number of aromatic hydroxyl groups is 1. The molecule has 100 valence electrons. The van der Waals surface area contributed by atoms with Gasteiger partial charge in [-0.2, -0.15) is 0 Å². The first-order valence-electron chi connectivity index (χ1n) is 6.47. The van der Waals surface area contributed by atoms with E-state index in [0.717, 1.165) is 44.6 Å². The lowest BCUT2D eigenvalue weighted by Crippen LogP contribution is -2.34. The maximum Gasteiger partial charge on any atom is 0.120 e. The molecule has 0 spiro atoms. The zero-order chi connectivity index (χ0) is 13.0. The van der Waals surface area contributed by atoms with Gasteiger partial charge in [-0.25, -0.2) is 0 Å². The third kappa shape index (κ3) is 3.37. The van der Waals surface area contributed by atoms with Crippen molar-refractivity contribution in [2.45, 2.75) is 19.4 Å². The number of phenols is 1. The lowest BCUT2D eigenvalue weighted by Gasteiger charge is -2.31. The number of nitrogens with zero attached hydrogens (tertiary/aromatic N) is 1. The first kappa shape index (κ1) is 13.2. The molecule has 1 fully saturated rings. The summed E-state index contributed by atoms with van der Waals surface area (Å²) >= 11 is 0. The van der Waals surface area contributed by atoms with Crippen LogP contribution in [0.15, 0.2) is 18.2 Å². The second kappa shape index (κ2) is 6.07. The topological polar surface area (TPSA) is 58.7 Å². The fourth-order valence-corrected chi connectivity index (χ4v) is 2.52. The summed E-state index contributed by atoms with van der Waals surface area (Å²) in [6, 6.07) is 5.25. The quantitative estimate of drug-likeness (QED) is 0.632. The number of phenolic OH excluding ortho intramolecular Hbond substituents is 1. The summed E-state index contributed by atoms with van der Waals surface area (Å²) in [5.74, 6) is 1.02. The van der Waals surface area contributed by atoms with E-state index in [1.54, 1.807) is 19.2 Å². The van der Waals surface area contributed by atoms with Crippen LogP contribution in [0.3, 0.4) is 0 Å². The number of benzene rings is 1. The van der Waals surface area contributed by atoms with E-state index >= 15 is 0 Å². The summed E-state index contributed by atoms with van der Waals surface area (Å²) in [7, 11) is 1.76. The van der Waals surface area contributed by atoms with Crippen LogP contribution in [-0.4, -0.2) is 36.8 Å². The minimum Gasteiger partial charge on any atom is -0.508 e. The molecular weight excluding hydrogens is 228 g/mol. The number of piperidine rings is 1. The minimum atomic E-state index is 0.336. The highest BCUT2D eigenvalue weighted by molar-refractivity contribution is 5.47. The van der Waals surface area contributed by atoms with Crippen LogP contribution in [0, 0.1) is 5.92 Å². The van der Waals surface area contributed by atoms with Crippen molar-refractivity contribution in [3.63, 3.8) is 0 Å². The van der Waals surface area contributed by atoms with Crippen molar-refractivity contribution in [3.8, 4) is 5.75 Å². The normalized spacial score (nSPS) is 18.1. The first-order valence-corrected chi connectivity index (χ1v) is 6.47. The second-order valence-corrected chi connectivity index (χ2v) is 5.06. The molecule has 1 aliphatic heterocycles. The highest BCUT2D eigenvalue weighted by Gasteiger charge is 2.19. The second-order valence-electron chi connectivity index (χ2n) is 5.06. The molecule has 4 heteroatoms. The highest BCUT2D eigenvalue weighted by Crippen LogP contribution is 2.24. The van der Waals surface area contributed by atoms with E-state index in [0.29, 0.717) is 17.4 Å². The van der Waals surface area contributed by atoms with Gasteiger partial charge in [-0.3, -0.25) is 4.90 Å². The summed E-state index contributed by atoms with van der Waals surface area (Å²) in [6.07, 6.45) is 2.33. The number of nitrogens with two attached hydrogens (primary N) is 1. The average molecular weight is 250 g/mol. The van der Waals surface area contributed by atoms with E-state index in [9.17, 15) is 5.11 Å². The van der Waals surface area contributed by atoms with Gasteiger partial charge in [-0.05, 0) is 50.0 Å². The number of hydrogen-bond donors (Lipinski definition) is 2. The fraction of sp³-hybridized carbons (Fsp3) is 0.571. The van der Waals surface area contributed by atoms with E-state index in [-0.39, 0.29) is 0 Å². The van der Waals surface area contributed by atoms with Gasteiger partial charge in [0.2, 0.25) is 0 Å². The molecule has 1 aliphatic rings. The molecule has 1 heterocycles. The molecule has 1 aromatic carbocycles. The molecule has 0 atom stereocenters. The maximum atomic E-state index is 9.80. The molecule has 18 heavy (non-hydrogen) atoms. The minimum absolute atomic E-state index is 0.336. The molecule has 0 radical (unpaired) electrons. The standard InChI is InChI=1S/C14H22N2O2/c1-18-10-11-4-6-16(7-5-11)9-12-8-13(15)2-3-14(12)17/h2-3,8,11,17H,4-7,9-10,15H2,1H3. The molecule has 0 aromatic heterocycles. The maximum absolute atomic E-state index is 9.80. The fourth-order valence-electron chi connectivity index (χ4n) is 2.52. The molecule has 2 rings (SSSR count). The number of hydrogen-bond acceptors (Lipinski definition) is 4. The van der Waals surface area contributed by atoms with E-state index in [1.165, 1.54) is 0 Å². The predicted octanol–water partition coefficient (Wildman–Crippen LogP) is 1.83. The summed E-state index contributed by atoms with van der Waals surface area (Å²) < 4.78 is 5.19. The third-order valence-corrected chi connectivity index (χ3v) is 3.61. The van der Waals surface area contributed by atoms with Crippen LogP contribution in [0.5, 0.6) is 5.75 Å². The van der Waals surface area contributed by atoms with Crippen LogP contribution in [0.1, 0.15) is 18.4 Å². The Labute approximate surface area is 108 Å². The Hall–Kier alpha value is -1.26. The number of rotatable bonds is 4. The van der Waals surface area contributed by atoms with Crippen LogP contribution < -0.4 is 5.73 Å². The molecule has 0 bridgehead atoms. The number of likely N-dealkylation sites (tertiary alicyclic amines) is 1. The van der Waals surface area contributed by atoms with E-state index in [1.807, 2.05) is 6.07 Å². The van der Waals surface area contributed by atoms with Crippen LogP contribution in [-0.2, 0) is 11.3 Å². The molecule has 0 unspecified atom stereocenters. The Balaban J connectivity index is 1.89. The molecule has 3 N–H and O–H groups in total. The van der Waals surface area contributed by atoms with Gasteiger partial charge in [0.05, 0.1) is 0 Å². The molecule has 1 aromatic rings. The third-order valence-electron chi connectivity index (χ3n) is 3.61. The van der Waals surface area contributed by atoms with Crippen LogP contribution in [0.4, 0.5) is 5.69 Å². The van der Waals surface area contributed by atoms with Crippen molar-refractivity contribution in [2.24, 2.45) is 5.92 Å². The highest BCUT2D eigenvalue weighted by atomic mass is 16.5. The number of methoxy groups -OCH3 is 1. The lowest BCUT2D eigenvalue weighted by molar-refractivity contribution is 0.0965. The Morgan fingerprint density at radius 3 is 2.78 bits per heavy atom. The van der Waals surface area contributed by atoms with E-state index in [4.69, 9.17) is 10.5 Å². The van der Waals surface area contributed by atoms with Gasteiger partial charge >= 0.3 is 0 Å². The van der Waals surface area contributed by atoms with Crippen molar-refractivity contribution in [3.05, 3.63) is 23.8 Å². The van der Waals surface area contributed by atoms with Crippen molar-refractivity contribution in [2.75, 3.05) is 32.5 Å². The molecule has 4 nitrogen and oxygen atoms in total. The van der Waals surface area contributed by atoms with Gasteiger partial charge in [0, 0.05) is 31.5 Å². The number of nitrogen functional groups attached to an aromatic ring is 1. The summed E-state index contributed by atoms with van der Waals surface area (Å²) in [5.41, 5.74) is 7.37. The van der Waals surface area contributed by atoms with Gasteiger partial charge in [-0.15, -0.1) is 0 Å². The molecule has 0 aliphatic carbocycles. The zero-order valence-corrected chi connectivity index (χ0v) is 10.9. The van der Waals surface area contributed by atoms with Crippen molar-refractivity contribution in [1.82, 2.24) is 4.90 Å². The summed E-state index contributed by atoms with van der Waals surface area (Å²) in [6.45, 7) is 3.75. The Morgan fingerprint density at radius 2 is 2.11 bits per heavy atom. The largest absolute Gasteiger partial charge is 0.508 e. The van der Waals surface area contributed by atoms with Gasteiger partial charge < -0.3 is 15.6 Å². The van der Waals surface area contributed by atoms with Gasteiger partial charge in [-0.1, -0.05) is 0 Å². The Morgan fingerprint density at radius 1 is 1.39 bits per heavy atom. The van der Waals surface area contributed by atoms with Crippen LogP contribution in [0.25, 0.3) is 0 Å². The van der Waals surface area contributed by atoms with Gasteiger partial charge in [0.1, 0.15) is 5.75 Å². The van der Waals surface area contributed by atoms with Gasteiger partial charge in [0.15, 0.2) is 0 Å². The van der Waals surface area contributed by atoms with Gasteiger partial charge in [0.25, 0.3) is 0 Å². The Bertz CT molecular complexity index is 387. The summed E-state index contributed by atoms with van der Waals surface area (Å²) in [4.78, 5) is 2.36. The number of ether oxygens (including phenoxy) is 1. The van der Waals surface area contributed by atoms with Crippen molar-refractivity contribution >= 4 is 5.69 Å². The lowest BCUT2D eigenvalue weighted by atomic mass is 9.97. The van der Waals surface area contributed by atoms with E-state index in [2.05, 4.69) is 4.90 Å². The summed E-state index contributed by atoms with van der Waals surface area (Å²) in [5, 5.41) is 9.80. The average Bonchev–Trinajstić information content (AvgIpc) is 2.37.